The maximum Gasteiger partial charge on any atom is 0.270 e. The molecule has 0 unspecified atom stereocenters. The van der Waals surface area contributed by atoms with Crippen LogP contribution in [0.1, 0.15) is 0 Å². The second-order valence-electron chi connectivity index (χ2n) is 6.59. The van der Waals surface area contributed by atoms with Gasteiger partial charge in [0.05, 0.1) is 9.95 Å². The van der Waals surface area contributed by atoms with Gasteiger partial charge < -0.3 is 4.74 Å². The van der Waals surface area contributed by atoms with Crippen LogP contribution in [0, 0.1) is 15.9 Å². The highest BCUT2D eigenvalue weighted by Crippen LogP contribution is 2.26. The summed E-state index contributed by atoms with van der Waals surface area (Å²) in [6.07, 6.45) is 0. The fraction of sp³-hybridized carbons (Fsp3) is 0.105. The predicted molar refractivity (Wildman–Crippen MR) is 115 cm³/mol. The number of hydrogen-bond acceptors (Lipinski definition) is 8. The molecule has 0 aliphatic carbocycles. The summed E-state index contributed by atoms with van der Waals surface area (Å²) in [4.78, 5) is 9.78. The van der Waals surface area contributed by atoms with Gasteiger partial charge in [-0.3, -0.25) is 10.1 Å². The Labute approximate surface area is 191 Å². The molecule has 0 fully saturated rings. The maximum atomic E-state index is 13.2. The molecule has 0 saturated carbocycles. The smallest absolute Gasteiger partial charge is 0.270 e. The molecule has 0 saturated heterocycles. The van der Waals surface area contributed by atoms with E-state index in [1.54, 1.807) is 6.07 Å². The van der Waals surface area contributed by atoms with E-state index in [4.69, 9.17) is 16.3 Å². The van der Waals surface area contributed by atoms with Gasteiger partial charge in [0, 0.05) is 30.3 Å². The number of aromatic nitrogens is 4. The molecule has 14 heteroatoms. The van der Waals surface area contributed by atoms with Crippen LogP contribution in [0.5, 0.6) is 5.88 Å². The Bertz CT molecular complexity index is 1450. The van der Waals surface area contributed by atoms with Crippen molar-refractivity contribution in [1.82, 2.24) is 24.5 Å². The number of halogens is 2. The summed E-state index contributed by atoms with van der Waals surface area (Å²) in [6, 6.07) is 11.9. The number of benzene rings is 2. The van der Waals surface area contributed by atoms with Crippen molar-refractivity contribution in [1.29, 1.82) is 0 Å². The van der Waals surface area contributed by atoms with Crippen molar-refractivity contribution in [2.75, 3.05) is 13.2 Å². The Kier molecular flexibility index (Phi) is 6.18. The first kappa shape index (κ1) is 22.5. The summed E-state index contributed by atoms with van der Waals surface area (Å²) in [7, 11) is -4.12. The minimum atomic E-state index is -4.12. The van der Waals surface area contributed by atoms with Crippen LogP contribution in [0.3, 0.4) is 0 Å². The van der Waals surface area contributed by atoms with Gasteiger partial charge in [-0.2, -0.15) is 4.52 Å². The van der Waals surface area contributed by atoms with Gasteiger partial charge in [-0.05, 0) is 36.4 Å². The summed E-state index contributed by atoms with van der Waals surface area (Å²) in [5.74, 6) is 0.146. The standard InChI is InChI=1S/C19H14ClFN6O5S/c20-15-6-5-14(27(28)29)11-16(15)33(30,31)22-9-10-32-18-8-7-17-23-24-19(26(17)25-18)12-1-3-13(21)4-2-12/h1-8,11,22H,9-10H2. The Morgan fingerprint density at radius 2 is 1.88 bits per heavy atom. The van der Waals surface area contributed by atoms with Crippen LogP contribution in [0.15, 0.2) is 59.5 Å². The second-order valence-corrected chi connectivity index (χ2v) is 8.73. The van der Waals surface area contributed by atoms with E-state index in [1.807, 2.05) is 0 Å². The van der Waals surface area contributed by atoms with Crippen molar-refractivity contribution < 1.29 is 22.5 Å². The van der Waals surface area contributed by atoms with Crippen molar-refractivity contribution in [3.8, 4) is 17.3 Å². The first-order valence-electron chi connectivity index (χ1n) is 9.29. The third kappa shape index (κ3) is 4.89. The van der Waals surface area contributed by atoms with Gasteiger partial charge in [0.25, 0.3) is 5.69 Å². The summed E-state index contributed by atoms with van der Waals surface area (Å²) < 4.78 is 47.3. The van der Waals surface area contributed by atoms with Crippen LogP contribution in [-0.2, 0) is 10.0 Å². The lowest BCUT2D eigenvalue weighted by molar-refractivity contribution is -0.385. The Hall–Kier alpha value is -3.68. The first-order valence-corrected chi connectivity index (χ1v) is 11.2. The van der Waals surface area contributed by atoms with E-state index in [-0.39, 0.29) is 24.1 Å². The molecule has 2 aromatic carbocycles. The number of non-ortho nitro benzene ring substituents is 1. The molecule has 0 radical (unpaired) electrons. The van der Waals surface area contributed by atoms with E-state index in [0.717, 1.165) is 18.2 Å². The van der Waals surface area contributed by atoms with Gasteiger partial charge in [-0.25, -0.2) is 17.5 Å². The number of fused-ring (bicyclic) bond motifs is 1. The lowest BCUT2D eigenvalue weighted by atomic mass is 10.2. The molecule has 4 aromatic rings. The number of nitrogens with zero attached hydrogens (tertiary/aromatic N) is 5. The second kappa shape index (κ2) is 9.05. The van der Waals surface area contributed by atoms with Gasteiger partial charge in [-0.1, -0.05) is 11.6 Å². The van der Waals surface area contributed by atoms with Crippen LogP contribution in [-0.4, -0.2) is 46.3 Å². The molecule has 0 spiro atoms. The number of nitrogens with one attached hydrogen (secondary N) is 1. The van der Waals surface area contributed by atoms with E-state index in [0.29, 0.717) is 17.0 Å². The molecule has 1 N–H and O–H groups in total. The van der Waals surface area contributed by atoms with Crippen molar-refractivity contribution in [3.63, 3.8) is 0 Å². The number of rotatable bonds is 8. The lowest BCUT2D eigenvalue weighted by Gasteiger charge is -2.09. The molecule has 33 heavy (non-hydrogen) atoms. The van der Waals surface area contributed by atoms with E-state index in [2.05, 4.69) is 20.0 Å². The molecular formula is C19H14ClFN6O5S. The van der Waals surface area contributed by atoms with Crippen molar-refractivity contribution in [2.45, 2.75) is 4.90 Å². The van der Waals surface area contributed by atoms with Crippen molar-refractivity contribution in [3.05, 3.63) is 75.6 Å². The van der Waals surface area contributed by atoms with Gasteiger partial charge in [-0.15, -0.1) is 15.3 Å². The maximum absolute atomic E-state index is 13.2. The zero-order valence-corrected chi connectivity index (χ0v) is 18.1. The van der Waals surface area contributed by atoms with Gasteiger partial charge in [0.2, 0.25) is 15.9 Å². The van der Waals surface area contributed by atoms with E-state index in [1.165, 1.54) is 34.8 Å². The number of nitro benzene ring substituents is 1. The molecule has 2 heterocycles. The van der Waals surface area contributed by atoms with Gasteiger partial charge in [0.15, 0.2) is 11.5 Å². The minimum absolute atomic E-state index is 0.0989. The van der Waals surface area contributed by atoms with Crippen LogP contribution in [0.25, 0.3) is 17.0 Å². The topological polar surface area (TPSA) is 142 Å². The third-order valence-corrected chi connectivity index (χ3v) is 6.34. The predicted octanol–water partition coefficient (Wildman–Crippen LogP) is 2.85. The third-order valence-electron chi connectivity index (χ3n) is 4.40. The summed E-state index contributed by atoms with van der Waals surface area (Å²) >= 11 is 5.89. The van der Waals surface area contributed by atoms with Crippen LogP contribution < -0.4 is 9.46 Å². The fourth-order valence-corrected chi connectivity index (χ4v) is 4.38. The highest BCUT2D eigenvalue weighted by molar-refractivity contribution is 7.89. The molecule has 4 rings (SSSR count). The Morgan fingerprint density at radius 1 is 1.12 bits per heavy atom. The Balaban J connectivity index is 1.44. The van der Waals surface area contributed by atoms with Gasteiger partial charge >= 0.3 is 0 Å². The lowest BCUT2D eigenvalue weighted by Crippen LogP contribution is -2.28. The zero-order valence-electron chi connectivity index (χ0n) is 16.6. The monoisotopic (exact) mass is 492 g/mol. The molecule has 0 amide bonds. The fourth-order valence-electron chi connectivity index (χ4n) is 2.85. The van der Waals surface area contributed by atoms with Crippen molar-refractivity contribution >= 4 is 33.0 Å². The molecule has 0 aliphatic rings. The normalized spacial score (nSPS) is 11.6. The number of hydrogen-bond donors (Lipinski definition) is 1. The van der Waals surface area contributed by atoms with E-state index < -0.39 is 31.3 Å². The quantitative estimate of drug-likeness (QED) is 0.225. The molecular weight excluding hydrogens is 479 g/mol. The van der Waals surface area contributed by atoms with E-state index >= 15 is 0 Å². The average Bonchev–Trinajstić information content (AvgIpc) is 3.20. The van der Waals surface area contributed by atoms with Crippen molar-refractivity contribution in [2.24, 2.45) is 0 Å². The summed E-state index contributed by atoms with van der Waals surface area (Å²) in [5.41, 5.74) is 0.622. The first-order chi connectivity index (χ1) is 15.7. The number of nitro groups is 1. The number of sulfonamides is 1. The highest BCUT2D eigenvalue weighted by Gasteiger charge is 2.21. The zero-order chi connectivity index (χ0) is 23.6. The van der Waals surface area contributed by atoms with Crippen LogP contribution in [0.4, 0.5) is 10.1 Å². The minimum Gasteiger partial charge on any atom is -0.475 e. The molecule has 2 aromatic heterocycles. The summed E-state index contributed by atoms with van der Waals surface area (Å²) in [5, 5.41) is 23.1. The van der Waals surface area contributed by atoms with E-state index in [9.17, 15) is 22.9 Å². The molecule has 0 bridgehead atoms. The van der Waals surface area contributed by atoms with Crippen LogP contribution in [0.2, 0.25) is 5.02 Å². The Morgan fingerprint density at radius 3 is 2.61 bits per heavy atom. The molecule has 11 nitrogen and oxygen atoms in total. The summed E-state index contributed by atoms with van der Waals surface area (Å²) in [6.45, 7) is -0.258. The average molecular weight is 493 g/mol. The molecule has 0 atom stereocenters. The largest absolute Gasteiger partial charge is 0.475 e. The SMILES string of the molecule is O=[N+]([O-])c1ccc(Cl)c(S(=O)(=O)NCCOc2ccc3nnc(-c4ccc(F)cc4)n3n2)c1. The number of ether oxygens (including phenoxy) is 1. The van der Waals surface area contributed by atoms with Gasteiger partial charge in [0.1, 0.15) is 17.3 Å². The molecule has 0 aliphatic heterocycles. The molecule has 170 valence electrons. The highest BCUT2D eigenvalue weighted by atomic mass is 35.5. The van der Waals surface area contributed by atoms with Crippen LogP contribution >= 0.6 is 11.6 Å².